The second-order valence-corrected chi connectivity index (χ2v) is 5.00. The molecule has 0 spiro atoms. The van der Waals surface area contributed by atoms with Crippen LogP contribution in [-0.4, -0.2) is 12.6 Å². The van der Waals surface area contributed by atoms with E-state index in [4.69, 9.17) is 5.26 Å². The van der Waals surface area contributed by atoms with Crippen LogP contribution < -0.4 is 5.32 Å². The lowest BCUT2D eigenvalue weighted by atomic mass is 9.96. The lowest BCUT2D eigenvalue weighted by molar-refractivity contribution is 0.409. The van der Waals surface area contributed by atoms with Gasteiger partial charge < -0.3 is 5.32 Å². The molecule has 0 saturated heterocycles. The number of hydrogen-bond acceptors (Lipinski definition) is 2. The van der Waals surface area contributed by atoms with Crippen LogP contribution >= 0.6 is 15.9 Å². The van der Waals surface area contributed by atoms with Crippen molar-refractivity contribution < 1.29 is 0 Å². The van der Waals surface area contributed by atoms with Crippen molar-refractivity contribution in [1.29, 1.82) is 5.26 Å². The van der Waals surface area contributed by atoms with E-state index in [-0.39, 0.29) is 5.92 Å². The molecule has 0 aliphatic heterocycles. The Labute approximate surface area is 94.5 Å². The number of rotatable bonds is 3. The van der Waals surface area contributed by atoms with Crippen LogP contribution in [0.3, 0.4) is 0 Å². The molecule has 0 aromatic carbocycles. The second kappa shape index (κ2) is 6.21. The average Bonchev–Trinajstić information content (AvgIpc) is 2.38. The third kappa shape index (κ3) is 3.81. The highest BCUT2D eigenvalue weighted by molar-refractivity contribution is 9.11. The molecule has 3 heteroatoms. The molecule has 0 heterocycles. The van der Waals surface area contributed by atoms with E-state index < -0.39 is 0 Å². The fourth-order valence-electron chi connectivity index (χ4n) is 1.95. The number of nitrogens with one attached hydrogen (secondary N) is 1. The van der Waals surface area contributed by atoms with E-state index in [0.717, 1.165) is 23.9 Å². The molecule has 0 aromatic heterocycles. The Morgan fingerprint density at radius 1 is 1.43 bits per heavy atom. The molecule has 2 unspecified atom stereocenters. The van der Waals surface area contributed by atoms with E-state index >= 15 is 0 Å². The van der Waals surface area contributed by atoms with Crippen LogP contribution in [0.2, 0.25) is 0 Å². The monoisotopic (exact) mass is 256 g/mol. The van der Waals surface area contributed by atoms with Crippen LogP contribution in [0.4, 0.5) is 0 Å². The second-order valence-electron chi connectivity index (χ2n) is 3.88. The topological polar surface area (TPSA) is 35.8 Å². The van der Waals surface area contributed by atoms with E-state index in [0.29, 0.717) is 6.04 Å². The SMILES string of the molecule is C=C(Br)CNC1CCCCCC1C#N. The molecule has 0 bridgehead atoms. The van der Waals surface area contributed by atoms with Crippen molar-refractivity contribution in [3.8, 4) is 6.07 Å². The van der Waals surface area contributed by atoms with Gasteiger partial charge >= 0.3 is 0 Å². The molecule has 1 saturated carbocycles. The zero-order chi connectivity index (χ0) is 10.4. The molecule has 1 rings (SSSR count). The number of hydrogen-bond donors (Lipinski definition) is 1. The minimum absolute atomic E-state index is 0.185. The first kappa shape index (κ1) is 11.7. The van der Waals surface area contributed by atoms with Crippen molar-refractivity contribution in [1.82, 2.24) is 5.32 Å². The largest absolute Gasteiger partial charge is 0.308 e. The third-order valence-electron chi connectivity index (χ3n) is 2.74. The summed E-state index contributed by atoms with van der Waals surface area (Å²) in [7, 11) is 0. The molecule has 1 aliphatic rings. The van der Waals surface area contributed by atoms with Crippen LogP contribution in [-0.2, 0) is 0 Å². The highest BCUT2D eigenvalue weighted by atomic mass is 79.9. The van der Waals surface area contributed by atoms with Crippen LogP contribution in [0.25, 0.3) is 0 Å². The summed E-state index contributed by atoms with van der Waals surface area (Å²) in [5, 5.41) is 12.4. The van der Waals surface area contributed by atoms with Gasteiger partial charge in [0.05, 0.1) is 12.0 Å². The zero-order valence-corrected chi connectivity index (χ0v) is 10.0. The van der Waals surface area contributed by atoms with Gasteiger partial charge in [0.15, 0.2) is 0 Å². The fourth-order valence-corrected chi connectivity index (χ4v) is 2.11. The Kier molecular flexibility index (Phi) is 5.21. The average molecular weight is 257 g/mol. The molecule has 14 heavy (non-hydrogen) atoms. The lowest BCUT2D eigenvalue weighted by Gasteiger charge is -2.20. The van der Waals surface area contributed by atoms with Gasteiger partial charge in [0.1, 0.15) is 0 Å². The summed E-state index contributed by atoms with van der Waals surface area (Å²) < 4.78 is 0.957. The summed E-state index contributed by atoms with van der Waals surface area (Å²) >= 11 is 3.32. The highest BCUT2D eigenvalue weighted by Crippen LogP contribution is 2.23. The van der Waals surface area contributed by atoms with E-state index in [1.807, 2.05) is 0 Å². The number of halogens is 1. The third-order valence-corrected chi connectivity index (χ3v) is 3.02. The van der Waals surface area contributed by atoms with Crippen molar-refractivity contribution in [3.05, 3.63) is 11.1 Å². The summed E-state index contributed by atoms with van der Waals surface area (Å²) in [4.78, 5) is 0. The van der Waals surface area contributed by atoms with E-state index in [1.165, 1.54) is 19.3 Å². The number of nitriles is 1. The Morgan fingerprint density at radius 2 is 2.14 bits per heavy atom. The van der Waals surface area contributed by atoms with Crippen molar-refractivity contribution >= 4 is 15.9 Å². The molecular weight excluding hydrogens is 240 g/mol. The first-order valence-electron chi connectivity index (χ1n) is 5.20. The minimum Gasteiger partial charge on any atom is -0.308 e. The minimum atomic E-state index is 0.185. The maximum absolute atomic E-state index is 9.03. The van der Waals surface area contributed by atoms with Gasteiger partial charge in [-0.3, -0.25) is 0 Å². The summed E-state index contributed by atoms with van der Waals surface area (Å²) in [6.07, 6.45) is 5.88. The van der Waals surface area contributed by atoms with E-state index in [2.05, 4.69) is 33.9 Å². The molecule has 0 radical (unpaired) electrons. The van der Waals surface area contributed by atoms with Gasteiger partial charge in [-0.2, -0.15) is 5.26 Å². The molecule has 0 amide bonds. The highest BCUT2D eigenvalue weighted by Gasteiger charge is 2.22. The van der Waals surface area contributed by atoms with Crippen LogP contribution in [0.1, 0.15) is 32.1 Å². The Balaban J connectivity index is 2.45. The van der Waals surface area contributed by atoms with E-state index in [9.17, 15) is 0 Å². The quantitative estimate of drug-likeness (QED) is 0.789. The van der Waals surface area contributed by atoms with Crippen molar-refractivity contribution in [2.45, 2.75) is 38.1 Å². The Hall–Kier alpha value is -0.330. The molecular formula is C11H17BrN2. The summed E-state index contributed by atoms with van der Waals surface area (Å²) in [6.45, 7) is 4.55. The van der Waals surface area contributed by atoms with Gasteiger partial charge in [-0.25, -0.2) is 0 Å². The smallest absolute Gasteiger partial charge is 0.0672 e. The maximum Gasteiger partial charge on any atom is 0.0672 e. The van der Waals surface area contributed by atoms with Gasteiger partial charge in [-0.15, -0.1) is 0 Å². The van der Waals surface area contributed by atoms with Crippen LogP contribution in [0, 0.1) is 17.2 Å². The van der Waals surface area contributed by atoms with Gasteiger partial charge in [-0.1, -0.05) is 41.8 Å². The summed E-state index contributed by atoms with van der Waals surface area (Å²) in [5.74, 6) is 0.185. The van der Waals surface area contributed by atoms with Crippen molar-refractivity contribution in [2.24, 2.45) is 5.92 Å². The van der Waals surface area contributed by atoms with Gasteiger partial charge in [0, 0.05) is 17.1 Å². The Bertz CT molecular complexity index is 232. The van der Waals surface area contributed by atoms with Gasteiger partial charge in [0.25, 0.3) is 0 Å². The number of nitrogens with zero attached hydrogens (tertiary/aromatic N) is 1. The first-order valence-corrected chi connectivity index (χ1v) is 5.99. The maximum atomic E-state index is 9.03. The summed E-state index contributed by atoms with van der Waals surface area (Å²) in [6, 6.07) is 2.77. The van der Waals surface area contributed by atoms with Crippen LogP contribution in [0.15, 0.2) is 11.1 Å². The normalized spacial score (nSPS) is 27.7. The molecule has 0 aromatic rings. The molecule has 2 atom stereocenters. The first-order chi connectivity index (χ1) is 6.74. The van der Waals surface area contributed by atoms with Crippen LogP contribution in [0.5, 0.6) is 0 Å². The standard InChI is InChI=1S/C11H17BrN2/c1-9(12)8-14-11-6-4-2-3-5-10(11)7-13/h10-11,14H,1-6,8H2. The molecule has 1 fully saturated rings. The van der Waals surface area contributed by atoms with Crippen molar-refractivity contribution in [2.75, 3.05) is 6.54 Å². The molecule has 1 N–H and O–H groups in total. The van der Waals surface area contributed by atoms with E-state index in [1.54, 1.807) is 0 Å². The summed E-state index contributed by atoms with van der Waals surface area (Å²) in [5.41, 5.74) is 0. The predicted molar refractivity (Wildman–Crippen MR) is 62.0 cm³/mol. The molecule has 2 nitrogen and oxygen atoms in total. The fraction of sp³-hybridized carbons (Fsp3) is 0.727. The van der Waals surface area contributed by atoms with Crippen molar-refractivity contribution in [3.63, 3.8) is 0 Å². The lowest BCUT2D eigenvalue weighted by Crippen LogP contribution is -2.35. The molecule has 1 aliphatic carbocycles. The van der Waals surface area contributed by atoms with Gasteiger partial charge in [0.2, 0.25) is 0 Å². The Morgan fingerprint density at radius 3 is 2.79 bits per heavy atom. The predicted octanol–water partition coefficient (Wildman–Crippen LogP) is 2.96. The van der Waals surface area contributed by atoms with Gasteiger partial charge in [-0.05, 0) is 12.8 Å². The molecule has 78 valence electrons. The zero-order valence-electron chi connectivity index (χ0n) is 8.43.